The van der Waals surface area contributed by atoms with Crippen LogP contribution in [0.15, 0.2) is 12.1 Å². The molecular weight excluding hydrogens is 223 g/mol. The number of carbonyl (C=O) groups is 1. The highest BCUT2D eigenvalue weighted by molar-refractivity contribution is 5.90. The lowest BCUT2D eigenvalue weighted by molar-refractivity contribution is 0.0692. The Labute approximate surface area is 99.6 Å². The van der Waals surface area contributed by atoms with E-state index in [4.69, 9.17) is 10.8 Å². The standard InChI is InChI=1S/C12H17FN2O2/c1-4-12(2,3)15-10-6-8(13)7(11(16)17)5-9(10)14/h5-6,15H,4,14H2,1-3H3,(H,16,17). The summed E-state index contributed by atoms with van der Waals surface area (Å²) in [6.07, 6.45) is 0.828. The highest BCUT2D eigenvalue weighted by Gasteiger charge is 2.19. The number of nitrogen functional groups attached to an aromatic ring is 1. The summed E-state index contributed by atoms with van der Waals surface area (Å²) in [5, 5.41) is 11.8. The van der Waals surface area contributed by atoms with Crippen LogP contribution in [0.5, 0.6) is 0 Å². The second kappa shape index (κ2) is 4.61. The molecule has 0 heterocycles. The maximum absolute atomic E-state index is 13.5. The van der Waals surface area contributed by atoms with Crippen LogP contribution in [0, 0.1) is 5.82 Å². The first kappa shape index (κ1) is 13.3. The summed E-state index contributed by atoms with van der Waals surface area (Å²) >= 11 is 0. The van der Waals surface area contributed by atoms with Gasteiger partial charge in [0.25, 0.3) is 0 Å². The van der Waals surface area contributed by atoms with E-state index in [1.54, 1.807) is 0 Å². The second-order valence-electron chi connectivity index (χ2n) is 4.59. The number of carboxylic acids is 1. The molecule has 0 aliphatic rings. The Kier molecular flexibility index (Phi) is 3.60. The van der Waals surface area contributed by atoms with Gasteiger partial charge in [-0.05, 0) is 32.4 Å². The van der Waals surface area contributed by atoms with Crippen molar-refractivity contribution in [3.05, 3.63) is 23.5 Å². The fraction of sp³-hybridized carbons (Fsp3) is 0.417. The van der Waals surface area contributed by atoms with Crippen LogP contribution in [-0.2, 0) is 0 Å². The first-order valence-corrected chi connectivity index (χ1v) is 5.37. The van der Waals surface area contributed by atoms with Gasteiger partial charge in [0.05, 0.1) is 16.9 Å². The van der Waals surface area contributed by atoms with Crippen LogP contribution in [0.3, 0.4) is 0 Å². The predicted molar refractivity (Wildman–Crippen MR) is 65.8 cm³/mol. The molecule has 17 heavy (non-hydrogen) atoms. The van der Waals surface area contributed by atoms with Gasteiger partial charge in [-0.25, -0.2) is 9.18 Å². The molecule has 0 aromatic heterocycles. The van der Waals surface area contributed by atoms with E-state index in [0.29, 0.717) is 5.69 Å². The number of hydrogen-bond donors (Lipinski definition) is 3. The Morgan fingerprint density at radius 1 is 1.53 bits per heavy atom. The van der Waals surface area contributed by atoms with E-state index >= 15 is 0 Å². The van der Waals surface area contributed by atoms with Gasteiger partial charge in [0, 0.05) is 5.54 Å². The van der Waals surface area contributed by atoms with Crippen LogP contribution in [-0.4, -0.2) is 16.6 Å². The molecule has 0 bridgehead atoms. The highest BCUT2D eigenvalue weighted by atomic mass is 19.1. The van der Waals surface area contributed by atoms with Crippen LogP contribution in [0.2, 0.25) is 0 Å². The normalized spacial score (nSPS) is 11.3. The first-order valence-electron chi connectivity index (χ1n) is 5.37. The van der Waals surface area contributed by atoms with Crippen molar-refractivity contribution in [3.8, 4) is 0 Å². The number of anilines is 2. The van der Waals surface area contributed by atoms with Crippen LogP contribution in [0.25, 0.3) is 0 Å². The quantitative estimate of drug-likeness (QED) is 0.707. The van der Waals surface area contributed by atoms with Gasteiger partial charge in [-0.3, -0.25) is 0 Å². The van der Waals surface area contributed by atoms with E-state index in [-0.39, 0.29) is 11.2 Å². The van der Waals surface area contributed by atoms with Gasteiger partial charge in [-0.2, -0.15) is 0 Å². The molecule has 1 rings (SSSR count). The van der Waals surface area contributed by atoms with Crippen molar-refractivity contribution >= 4 is 17.3 Å². The largest absolute Gasteiger partial charge is 0.478 e. The van der Waals surface area contributed by atoms with E-state index in [2.05, 4.69) is 5.32 Å². The minimum absolute atomic E-state index is 0.227. The predicted octanol–water partition coefficient (Wildman–Crippen LogP) is 2.71. The number of carboxylic acid groups (broad SMARTS) is 1. The molecule has 5 heteroatoms. The zero-order valence-corrected chi connectivity index (χ0v) is 10.2. The molecule has 0 fully saturated rings. The van der Waals surface area contributed by atoms with Crippen molar-refractivity contribution in [3.63, 3.8) is 0 Å². The van der Waals surface area contributed by atoms with Crippen LogP contribution in [0.4, 0.5) is 15.8 Å². The summed E-state index contributed by atoms with van der Waals surface area (Å²) in [5.74, 6) is -2.11. The van der Waals surface area contributed by atoms with Crippen molar-refractivity contribution in [2.45, 2.75) is 32.7 Å². The summed E-state index contributed by atoms with van der Waals surface area (Å²) in [5.41, 5.74) is 5.70. The smallest absolute Gasteiger partial charge is 0.338 e. The molecule has 0 aliphatic heterocycles. The topological polar surface area (TPSA) is 75.3 Å². The molecule has 0 saturated heterocycles. The van der Waals surface area contributed by atoms with Crippen molar-refractivity contribution < 1.29 is 14.3 Å². The number of aromatic carboxylic acids is 1. The number of nitrogens with one attached hydrogen (secondary N) is 1. The molecule has 1 aromatic carbocycles. The molecule has 1 aromatic rings. The minimum atomic E-state index is -1.32. The average Bonchev–Trinajstić information content (AvgIpc) is 2.22. The fourth-order valence-electron chi connectivity index (χ4n) is 1.32. The molecule has 0 unspecified atom stereocenters. The van der Waals surface area contributed by atoms with Gasteiger partial charge in [0.2, 0.25) is 0 Å². The number of rotatable bonds is 4. The minimum Gasteiger partial charge on any atom is -0.478 e. The highest BCUT2D eigenvalue weighted by Crippen LogP contribution is 2.27. The Balaban J connectivity index is 3.12. The summed E-state index contributed by atoms with van der Waals surface area (Å²) in [6.45, 7) is 5.90. The van der Waals surface area contributed by atoms with Crippen LogP contribution < -0.4 is 11.1 Å². The van der Waals surface area contributed by atoms with E-state index in [9.17, 15) is 9.18 Å². The molecule has 0 radical (unpaired) electrons. The third-order valence-corrected chi connectivity index (χ3v) is 2.73. The van der Waals surface area contributed by atoms with Crippen molar-refractivity contribution in [1.29, 1.82) is 0 Å². The zero-order chi connectivity index (χ0) is 13.2. The summed E-state index contributed by atoms with van der Waals surface area (Å²) < 4.78 is 13.5. The number of halogens is 1. The molecule has 0 spiro atoms. The van der Waals surface area contributed by atoms with Crippen LogP contribution in [0.1, 0.15) is 37.6 Å². The van der Waals surface area contributed by atoms with Gasteiger partial charge in [0.1, 0.15) is 5.82 Å². The zero-order valence-electron chi connectivity index (χ0n) is 10.2. The lowest BCUT2D eigenvalue weighted by atomic mass is 10.0. The molecule has 0 amide bonds. The van der Waals surface area contributed by atoms with Gasteiger partial charge >= 0.3 is 5.97 Å². The van der Waals surface area contributed by atoms with Crippen molar-refractivity contribution in [2.75, 3.05) is 11.1 Å². The molecule has 94 valence electrons. The van der Waals surface area contributed by atoms with E-state index in [1.807, 2.05) is 20.8 Å². The Bertz CT molecular complexity index is 444. The molecular formula is C12H17FN2O2. The molecule has 0 saturated carbocycles. The van der Waals surface area contributed by atoms with Crippen LogP contribution >= 0.6 is 0 Å². The van der Waals surface area contributed by atoms with E-state index < -0.39 is 17.3 Å². The van der Waals surface area contributed by atoms with Crippen molar-refractivity contribution in [1.82, 2.24) is 0 Å². The summed E-state index contributed by atoms with van der Waals surface area (Å²) in [7, 11) is 0. The molecule has 0 atom stereocenters. The maximum Gasteiger partial charge on any atom is 0.338 e. The lowest BCUT2D eigenvalue weighted by Crippen LogP contribution is -2.30. The fourth-order valence-corrected chi connectivity index (χ4v) is 1.32. The average molecular weight is 240 g/mol. The lowest BCUT2D eigenvalue weighted by Gasteiger charge is -2.27. The SMILES string of the molecule is CCC(C)(C)Nc1cc(F)c(C(=O)O)cc1N. The van der Waals surface area contributed by atoms with E-state index in [0.717, 1.165) is 18.6 Å². The number of benzene rings is 1. The Morgan fingerprint density at radius 3 is 2.59 bits per heavy atom. The monoisotopic (exact) mass is 240 g/mol. The summed E-state index contributed by atoms with van der Waals surface area (Å²) in [4.78, 5) is 10.7. The Morgan fingerprint density at radius 2 is 2.12 bits per heavy atom. The number of hydrogen-bond acceptors (Lipinski definition) is 3. The third-order valence-electron chi connectivity index (χ3n) is 2.73. The molecule has 4 N–H and O–H groups in total. The second-order valence-corrected chi connectivity index (χ2v) is 4.59. The van der Waals surface area contributed by atoms with Gasteiger partial charge in [0.15, 0.2) is 0 Å². The summed E-state index contributed by atoms with van der Waals surface area (Å²) in [6, 6.07) is 2.25. The number of nitrogens with two attached hydrogens (primary N) is 1. The Hall–Kier alpha value is -1.78. The molecule has 0 aliphatic carbocycles. The maximum atomic E-state index is 13.5. The van der Waals surface area contributed by atoms with Gasteiger partial charge in [-0.1, -0.05) is 6.92 Å². The van der Waals surface area contributed by atoms with Crippen molar-refractivity contribution in [2.24, 2.45) is 0 Å². The van der Waals surface area contributed by atoms with Gasteiger partial charge < -0.3 is 16.2 Å². The third kappa shape index (κ3) is 3.09. The molecule has 4 nitrogen and oxygen atoms in total. The van der Waals surface area contributed by atoms with Gasteiger partial charge in [-0.15, -0.1) is 0 Å². The van der Waals surface area contributed by atoms with E-state index in [1.165, 1.54) is 0 Å². The first-order chi connectivity index (χ1) is 7.76.